The van der Waals surface area contributed by atoms with Crippen molar-refractivity contribution in [3.8, 4) is 11.5 Å². The van der Waals surface area contributed by atoms with Gasteiger partial charge in [0.15, 0.2) is 5.78 Å². The third kappa shape index (κ3) is 3.82. The average molecular weight is 475 g/mol. The molecule has 1 aliphatic heterocycles. The molecular weight excluding hydrogens is 452 g/mol. The third-order valence-electron chi connectivity index (χ3n) is 6.41. The first-order valence-corrected chi connectivity index (χ1v) is 11.8. The molecule has 6 nitrogen and oxygen atoms in total. The highest BCUT2D eigenvalue weighted by Crippen LogP contribution is 2.36. The summed E-state index contributed by atoms with van der Waals surface area (Å²) in [6.45, 7) is 2.06. The maximum absolute atomic E-state index is 13.3. The number of oxime groups is 1. The van der Waals surface area contributed by atoms with E-state index in [1.807, 2.05) is 72.8 Å². The van der Waals surface area contributed by atoms with E-state index < -0.39 is 5.97 Å². The molecule has 0 atom stereocenters. The lowest BCUT2D eigenvalue weighted by molar-refractivity contribution is -0.140. The maximum atomic E-state index is 13.3. The first kappa shape index (κ1) is 21.8. The molecule has 0 saturated heterocycles. The molecule has 6 heteroatoms. The number of nitrogens with zero attached hydrogens (tertiary/aromatic N) is 2. The Labute approximate surface area is 207 Å². The second-order valence-corrected chi connectivity index (χ2v) is 8.72. The van der Waals surface area contributed by atoms with Crippen LogP contribution in [0.15, 0.2) is 96.2 Å². The Morgan fingerprint density at radius 2 is 1.56 bits per heavy atom. The summed E-state index contributed by atoms with van der Waals surface area (Å²) in [6.07, 6.45) is 0.654. The molecule has 1 aromatic heterocycles. The number of ketones is 1. The van der Waals surface area contributed by atoms with Gasteiger partial charge in [-0.25, -0.2) is 4.79 Å². The van der Waals surface area contributed by atoms with Crippen LogP contribution in [0, 0.1) is 0 Å². The van der Waals surface area contributed by atoms with Crippen LogP contribution in [0.4, 0.5) is 0 Å². The molecule has 0 bridgehead atoms. The zero-order valence-electron chi connectivity index (χ0n) is 19.6. The number of ether oxygens (including phenoxy) is 1. The third-order valence-corrected chi connectivity index (χ3v) is 6.41. The summed E-state index contributed by atoms with van der Waals surface area (Å²) in [5.41, 5.74) is 5.01. The van der Waals surface area contributed by atoms with Crippen molar-refractivity contribution in [1.82, 2.24) is 4.57 Å². The molecule has 0 radical (unpaired) electrons. The van der Waals surface area contributed by atoms with E-state index in [1.54, 1.807) is 12.1 Å². The smallest absolute Gasteiger partial charge is 0.331 e. The van der Waals surface area contributed by atoms with Crippen molar-refractivity contribution in [2.75, 3.05) is 0 Å². The highest BCUT2D eigenvalue weighted by atomic mass is 16.7. The molecule has 176 valence electrons. The van der Waals surface area contributed by atoms with Gasteiger partial charge in [0.05, 0.1) is 11.2 Å². The molecule has 2 heterocycles. The Morgan fingerprint density at radius 1 is 0.806 bits per heavy atom. The van der Waals surface area contributed by atoms with Crippen LogP contribution in [0.1, 0.15) is 34.8 Å². The molecule has 0 spiro atoms. The molecule has 0 fully saturated rings. The van der Waals surface area contributed by atoms with Gasteiger partial charge in [0.25, 0.3) is 0 Å². The van der Waals surface area contributed by atoms with Gasteiger partial charge in [-0.3, -0.25) is 4.79 Å². The minimum absolute atomic E-state index is 0.0489. The van der Waals surface area contributed by atoms with E-state index in [-0.39, 0.29) is 5.78 Å². The van der Waals surface area contributed by atoms with E-state index in [9.17, 15) is 9.59 Å². The number of aromatic nitrogens is 1. The van der Waals surface area contributed by atoms with Crippen molar-refractivity contribution in [3.63, 3.8) is 0 Å². The Balaban J connectivity index is 1.35. The van der Waals surface area contributed by atoms with Crippen molar-refractivity contribution in [2.24, 2.45) is 5.16 Å². The summed E-state index contributed by atoms with van der Waals surface area (Å²) in [4.78, 5) is 29.5. The van der Waals surface area contributed by atoms with Crippen LogP contribution in [-0.2, 0) is 16.2 Å². The van der Waals surface area contributed by atoms with Crippen LogP contribution in [0.2, 0.25) is 0 Å². The van der Waals surface area contributed by atoms with Gasteiger partial charge in [0, 0.05) is 52.9 Å². The molecule has 36 heavy (non-hydrogen) atoms. The van der Waals surface area contributed by atoms with E-state index in [0.29, 0.717) is 29.8 Å². The second-order valence-electron chi connectivity index (χ2n) is 8.72. The van der Waals surface area contributed by atoms with Gasteiger partial charge in [0.1, 0.15) is 11.5 Å². The minimum Gasteiger partial charge on any atom is -0.457 e. The van der Waals surface area contributed by atoms with Gasteiger partial charge in [-0.2, -0.15) is 0 Å². The summed E-state index contributed by atoms with van der Waals surface area (Å²) in [6, 6.07) is 28.6. The highest BCUT2D eigenvalue weighted by Gasteiger charge is 2.23. The lowest BCUT2D eigenvalue weighted by atomic mass is 9.99. The number of hydrogen-bond acceptors (Lipinski definition) is 5. The van der Waals surface area contributed by atoms with Gasteiger partial charge >= 0.3 is 5.97 Å². The van der Waals surface area contributed by atoms with Crippen molar-refractivity contribution < 1.29 is 19.2 Å². The van der Waals surface area contributed by atoms with Crippen LogP contribution < -0.4 is 4.74 Å². The van der Waals surface area contributed by atoms with E-state index in [1.165, 1.54) is 6.92 Å². The van der Waals surface area contributed by atoms with Gasteiger partial charge < -0.3 is 14.1 Å². The topological polar surface area (TPSA) is 69.9 Å². The average Bonchev–Trinajstić information content (AvgIpc) is 3.23. The Bertz CT molecular complexity index is 1660. The highest BCUT2D eigenvalue weighted by molar-refractivity contribution is 6.20. The van der Waals surface area contributed by atoms with E-state index in [4.69, 9.17) is 9.57 Å². The molecule has 5 aromatic rings. The van der Waals surface area contributed by atoms with Crippen LogP contribution in [0.25, 0.3) is 21.8 Å². The minimum atomic E-state index is -0.441. The zero-order chi connectivity index (χ0) is 24.6. The van der Waals surface area contributed by atoms with Crippen molar-refractivity contribution in [1.29, 1.82) is 0 Å². The number of benzene rings is 4. The van der Waals surface area contributed by atoms with E-state index >= 15 is 0 Å². The van der Waals surface area contributed by atoms with Gasteiger partial charge in [-0.15, -0.1) is 0 Å². The largest absolute Gasteiger partial charge is 0.457 e. The van der Waals surface area contributed by atoms with E-state index in [2.05, 4.69) is 15.8 Å². The predicted octanol–water partition coefficient (Wildman–Crippen LogP) is 6.49. The number of rotatable bonds is 5. The summed E-state index contributed by atoms with van der Waals surface area (Å²) < 4.78 is 8.09. The first-order chi connectivity index (χ1) is 17.6. The lowest BCUT2D eigenvalue weighted by Crippen LogP contribution is -2.15. The molecule has 0 aliphatic carbocycles. The van der Waals surface area contributed by atoms with Crippen LogP contribution in [0.3, 0.4) is 0 Å². The Kier molecular flexibility index (Phi) is 5.34. The molecular formula is C30H22N2O4. The molecule has 0 unspecified atom stereocenters. The fraction of sp³-hybridized carbons (Fsp3) is 0.100. The normalized spacial score (nSPS) is 13.8. The number of para-hydroxylation sites is 2. The number of aryl methyl sites for hydroxylation is 1. The Morgan fingerprint density at radius 3 is 2.33 bits per heavy atom. The predicted molar refractivity (Wildman–Crippen MR) is 139 cm³/mol. The first-order valence-electron chi connectivity index (χ1n) is 11.8. The monoisotopic (exact) mass is 474 g/mol. The number of carbonyl (C=O) groups excluding carboxylic acids is 2. The van der Waals surface area contributed by atoms with Crippen molar-refractivity contribution in [3.05, 3.63) is 108 Å². The molecule has 0 amide bonds. The van der Waals surface area contributed by atoms with Gasteiger partial charge in [-0.1, -0.05) is 41.6 Å². The zero-order valence-corrected chi connectivity index (χ0v) is 19.6. The number of fused-ring (bicyclic) bond motifs is 3. The number of carbonyl (C=O) groups is 2. The summed E-state index contributed by atoms with van der Waals surface area (Å²) in [5.74, 6) is 0.931. The molecule has 0 saturated carbocycles. The maximum Gasteiger partial charge on any atom is 0.331 e. The van der Waals surface area contributed by atoms with Crippen LogP contribution in [-0.4, -0.2) is 22.0 Å². The van der Waals surface area contributed by atoms with Crippen molar-refractivity contribution >= 4 is 39.3 Å². The Hall–Kier alpha value is -4.71. The van der Waals surface area contributed by atoms with Gasteiger partial charge in [-0.05, 0) is 54.6 Å². The summed E-state index contributed by atoms with van der Waals surface area (Å²) in [7, 11) is 0. The van der Waals surface area contributed by atoms with Crippen LogP contribution in [0.5, 0.6) is 11.5 Å². The molecule has 6 rings (SSSR count). The second kappa shape index (κ2) is 8.82. The standard InChI is InChI=1S/C30H22N2O4/c1-19(33)36-31-27-16-17-32-28-15-12-21(18-26(28)24-8-5-9-25(27)29(24)32)30(34)20-10-13-23(14-11-20)35-22-6-3-2-4-7-22/h2-15,18H,16-17H2,1H3/b31-27+. The SMILES string of the molecule is CC(=O)O/N=C1\CCn2c3ccc(C(=O)c4ccc(Oc5ccccc5)cc4)cc3c3cccc1c32. The van der Waals surface area contributed by atoms with Crippen LogP contribution >= 0.6 is 0 Å². The van der Waals surface area contributed by atoms with E-state index in [0.717, 1.165) is 38.8 Å². The summed E-state index contributed by atoms with van der Waals surface area (Å²) >= 11 is 0. The molecule has 4 aromatic carbocycles. The summed E-state index contributed by atoms with van der Waals surface area (Å²) in [5, 5.41) is 6.14. The molecule has 0 N–H and O–H groups in total. The number of hydrogen-bond donors (Lipinski definition) is 0. The quantitative estimate of drug-likeness (QED) is 0.166. The fourth-order valence-electron chi connectivity index (χ4n) is 4.80. The fourth-order valence-corrected chi connectivity index (χ4v) is 4.80. The van der Waals surface area contributed by atoms with Crippen molar-refractivity contribution in [2.45, 2.75) is 19.9 Å². The lowest BCUT2D eigenvalue weighted by Gasteiger charge is -2.17. The van der Waals surface area contributed by atoms with Gasteiger partial charge in [0.2, 0.25) is 0 Å². The molecule has 1 aliphatic rings.